The molecule has 0 saturated heterocycles. The molecule has 0 aliphatic heterocycles. The van der Waals surface area contributed by atoms with Crippen LogP contribution < -0.4 is 10.5 Å². The minimum absolute atomic E-state index is 0.240. The van der Waals surface area contributed by atoms with E-state index in [-0.39, 0.29) is 9.88 Å². The average Bonchev–Trinajstić information content (AvgIpc) is 2.42. The maximum atomic E-state index is 12.3. The fourth-order valence-corrected chi connectivity index (χ4v) is 3.08. The summed E-state index contributed by atoms with van der Waals surface area (Å²) in [5, 5.41) is 0. The molecule has 0 aliphatic rings. The van der Waals surface area contributed by atoms with Gasteiger partial charge in [0.1, 0.15) is 4.99 Å². The SMILES string of the molecule is Cc1ccc(S(=O)(=O)Nc2ccc(C(N)=S)cc2)cc1C. The Morgan fingerprint density at radius 1 is 1.05 bits per heavy atom. The molecule has 2 rings (SSSR count). The van der Waals surface area contributed by atoms with Crippen LogP contribution in [-0.4, -0.2) is 13.4 Å². The third-order valence-electron chi connectivity index (χ3n) is 3.21. The van der Waals surface area contributed by atoms with E-state index >= 15 is 0 Å². The van der Waals surface area contributed by atoms with Gasteiger partial charge in [-0.1, -0.05) is 18.3 Å². The lowest BCUT2D eigenvalue weighted by molar-refractivity contribution is 0.601. The van der Waals surface area contributed by atoms with E-state index in [0.717, 1.165) is 11.1 Å². The van der Waals surface area contributed by atoms with Crippen LogP contribution >= 0.6 is 12.2 Å². The Bertz CT molecular complexity index is 782. The molecule has 110 valence electrons. The van der Waals surface area contributed by atoms with Gasteiger partial charge in [0, 0.05) is 11.3 Å². The van der Waals surface area contributed by atoms with Gasteiger partial charge in [0.25, 0.3) is 10.0 Å². The van der Waals surface area contributed by atoms with Crippen molar-refractivity contribution < 1.29 is 8.42 Å². The minimum Gasteiger partial charge on any atom is -0.389 e. The zero-order valence-electron chi connectivity index (χ0n) is 11.8. The van der Waals surface area contributed by atoms with Crippen LogP contribution in [0.5, 0.6) is 0 Å². The van der Waals surface area contributed by atoms with Gasteiger partial charge < -0.3 is 5.73 Å². The molecule has 0 aromatic heterocycles. The number of nitrogens with one attached hydrogen (secondary N) is 1. The number of hydrogen-bond donors (Lipinski definition) is 2. The standard InChI is InChI=1S/C15H16N2O2S2/c1-10-3-8-14(9-11(10)2)21(18,19)17-13-6-4-12(5-7-13)15(16)20/h3-9,17H,1-2H3,(H2,16,20). The van der Waals surface area contributed by atoms with Crippen molar-refractivity contribution in [3.63, 3.8) is 0 Å². The molecule has 0 unspecified atom stereocenters. The second-order valence-corrected chi connectivity index (χ2v) is 6.92. The van der Waals surface area contributed by atoms with Crippen LogP contribution in [0, 0.1) is 13.8 Å². The summed E-state index contributed by atoms with van der Waals surface area (Å²) in [5.41, 5.74) is 8.65. The van der Waals surface area contributed by atoms with E-state index in [1.54, 1.807) is 42.5 Å². The van der Waals surface area contributed by atoms with Crippen LogP contribution in [-0.2, 0) is 10.0 Å². The number of rotatable bonds is 4. The first-order valence-electron chi connectivity index (χ1n) is 6.29. The highest BCUT2D eigenvalue weighted by Gasteiger charge is 2.14. The lowest BCUT2D eigenvalue weighted by Crippen LogP contribution is -2.14. The van der Waals surface area contributed by atoms with Crippen molar-refractivity contribution in [3.8, 4) is 0 Å². The first kappa shape index (κ1) is 15.5. The first-order valence-corrected chi connectivity index (χ1v) is 8.19. The molecule has 0 fully saturated rings. The molecule has 2 aromatic rings. The Kier molecular flexibility index (Phi) is 4.29. The number of thiocarbonyl (C=S) groups is 1. The van der Waals surface area contributed by atoms with E-state index in [4.69, 9.17) is 18.0 Å². The van der Waals surface area contributed by atoms with Gasteiger partial charge in [0.15, 0.2) is 0 Å². The lowest BCUT2D eigenvalue weighted by atomic mass is 10.1. The maximum Gasteiger partial charge on any atom is 0.261 e. The van der Waals surface area contributed by atoms with Crippen molar-refractivity contribution >= 4 is 32.9 Å². The van der Waals surface area contributed by atoms with E-state index < -0.39 is 10.0 Å². The fraction of sp³-hybridized carbons (Fsp3) is 0.133. The summed E-state index contributed by atoms with van der Waals surface area (Å²) in [7, 11) is -3.60. The molecule has 0 saturated carbocycles. The lowest BCUT2D eigenvalue weighted by Gasteiger charge is -2.10. The molecule has 21 heavy (non-hydrogen) atoms. The molecular formula is C15H16N2O2S2. The van der Waals surface area contributed by atoms with Gasteiger partial charge in [-0.25, -0.2) is 8.42 Å². The van der Waals surface area contributed by atoms with Crippen LogP contribution in [0.25, 0.3) is 0 Å². The van der Waals surface area contributed by atoms with Crippen molar-refractivity contribution in [3.05, 3.63) is 59.2 Å². The van der Waals surface area contributed by atoms with Gasteiger partial charge in [-0.2, -0.15) is 0 Å². The predicted molar refractivity (Wildman–Crippen MR) is 89.1 cm³/mol. The Hall–Kier alpha value is -1.92. The summed E-state index contributed by atoms with van der Waals surface area (Å²) < 4.78 is 27.2. The van der Waals surface area contributed by atoms with Gasteiger partial charge >= 0.3 is 0 Å². The van der Waals surface area contributed by atoms with Gasteiger partial charge in [-0.05, 0) is 61.4 Å². The van der Waals surface area contributed by atoms with E-state index in [1.807, 2.05) is 13.8 Å². The molecule has 4 nitrogen and oxygen atoms in total. The quantitative estimate of drug-likeness (QED) is 0.850. The third-order valence-corrected chi connectivity index (χ3v) is 4.82. The Morgan fingerprint density at radius 2 is 1.67 bits per heavy atom. The monoisotopic (exact) mass is 320 g/mol. The van der Waals surface area contributed by atoms with Crippen molar-refractivity contribution in [1.29, 1.82) is 0 Å². The Labute approximate surface area is 130 Å². The van der Waals surface area contributed by atoms with E-state index in [2.05, 4.69) is 4.72 Å². The number of hydrogen-bond acceptors (Lipinski definition) is 3. The molecular weight excluding hydrogens is 304 g/mol. The summed E-state index contributed by atoms with van der Waals surface area (Å²) in [6, 6.07) is 11.7. The van der Waals surface area contributed by atoms with E-state index in [0.29, 0.717) is 11.3 Å². The summed E-state index contributed by atoms with van der Waals surface area (Å²) >= 11 is 4.86. The number of anilines is 1. The second-order valence-electron chi connectivity index (χ2n) is 4.79. The van der Waals surface area contributed by atoms with Gasteiger partial charge in [-0.3, -0.25) is 4.72 Å². The summed E-state index contributed by atoms with van der Waals surface area (Å²) in [6.07, 6.45) is 0. The highest BCUT2D eigenvalue weighted by molar-refractivity contribution is 7.92. The molecule has 0 amide bonds. The smallest absolute Gasteiger partial charge is 0.261 e. The Morgan fingerprint density at radius 3 is 2.19 bits per heavy atom. The van der Waals surface area contributed by atoms with Crippen LogP contribution in [0.1, 0.15) is 16.7 Å². The average molecular weight is 320 g/mol. The van der Waals surface area contributed by atoms with E-state index in [9.17, 15) is 8.42 Å². The molecule has 0 spiro atoms. The zero-order chi connectivity index (χ0) is 15.6. The second kappa shape index (κ2) is 5.83. The molecule has 3 N–H and O–H groups in total. The number of aryl methyl sites for hydroxylation is 2. The molecule has 2 aromatic carbocycles. The van der Waals surface area contributed by atoms with Crippen LogP contribution in [0.4, 0.5) is 5.69 Å². The number of benzene rings is 2. The summed E-state index contributed by atoms with van der Waals surface area (Å²) in [6.45, 7) is 3.82. The summed E-state index contributed by atoms with van der Waals surface area (Å²) in [4.78, 5) is 0.516. The molecule has 0 aliphatic carbocycles. The van der Waals surface area contributed by atoms with Crippen molar-refractivity contribution in [2.75, 3.05) is 4.72 Å². The maximum absolute atomic E-state index is 12.3. The zero-order valence-corrected chi connectivity index (χ0v) is 13.4. The predicted octanol–water partition coefficient (Wildman–Crippen LogP) is 2.74. The van der Waals surface area contributed by atoms with Crippen LogP contribution in [0.3, 0.4) is 0 Å². The molecule has 6 heteroatoms. The summed E-state index contributed by atoms with van der Waals surface area (Å²) in [5.74, 6) is 0. The molecule has 0 atom stereocenters. The van der Waals surface area contributed by atoms with Crippen molar-refractivity contribution in [1.82, 2.24) is 0 Å². The third kappa shape index (κ3) is 3.59. The number of nitrogens with two attached hydrogens (primary N) is 1. The highest BCUT2D eigenvalue weighted by Crippen LogP contribution is 2.19. The topological polar surface area (TPSA) is 72.2 Å². The highest BCUT2D eigenvalue weighted by atomic mass is 32.2. The van der Waals surface area contributed by atoms with Crippen molar-refractivity contribution in [2.45, 2.75) is 18.7 Å². The van der Waals surface area contributed by atoms with Crippen LogP contribution in [0.2, 0.25) is 0 Å². The normalized spacial score (nSPS) is 11.1. The van der Waals surface area contributed by atoms with Crippen molar-refractivity contribution in [2.24, 2.45) is 5.73 Å². The largest absolute Gasteiger partial charge is 0.389 e. The fourth-order valence-electron chi connectivity index (χ4n) is 1.80. The van der Waals surface area contributed by atoms with Gasteiger partial charge in [-0.15, -0.1) is 0 Å². The molecule has 0 heterocycles. The molecule has 0 bridgehead atoms. The van der Waals surface area contributed by atoms with Gasteiger partial charge in [0.05, 0.1) is 4.90 Å². The number of sulfonamides is 1. The molecule has 0 radical (unpaired) electrons. The Balaban J connectivity index is 2.28. The van der Waals surface area contributed by atoms with Gasteiger partial charge in [0.2, 0.25) is 0 Å². The minimum atomic E-state index is -3.60. The first-order chi connectivity index (χ1) is 9.79. The van der Waals surface area contributed by atoms with E-state index in [1.165, 1.54) is 0 Å². The van der Waals surface area contributed by atoms with Crippen LogP contribution in [0.15, 0.2) is 47.4 Å².